The van der Waals surface area contributed by atoms with E-state index >= 15 is 0 Å². The van der Waals surface area contributed by atoms with Crippen LogP contribution in [-0.4, -0.2) is 5.54 Å². The van der Waals surface area contributed by atoms with Crippen molar-refractivity contribution in [2.45, 2.75) is 38.1 Å². The van der Waals surface area contributed by atoms with Gasteiger partial charge in [0, 0.05) is 15.6 Å². The van der Waals surface area contributed by atoms with E-state index in [1.807, 2.05) is 12.1 Å². The van der Waals surface area contributed by atoms with Gasteiger partial charge < -0.3 is 5.73 Å². The Morgan fingerprint density at radius 1 is 1.44 bits per heavy atom. The molecule has 3 heteroatoms. The van der Waals surface area contributed by atoms with Crippen LogP contribution < -0.4 is 5.73 Å². The van der Waals surface area contributed by atoms with Crippen LogP contribution in [0.1, 0.15) is 31.7 Å². The summed E-state index contributed by atoms with van der Waals surface area (Å²) >= 11 is 12.0. The molecule has 0 amide bonds. The molecule has 1 aliphatic rings. The number of rotatable bonds is 2. The van der Waals surface area contributed by atoms with Crippen LogP contribution in [0.15, 0.2) is 18.2 Å². The highest BCUT2D eigenvalue weighted by Gasteiger charge is 2.33. The quantitative estimate of drug-likeness (QED) is 0.850. The first kappa shape index (κ1) is 12.2. The lowest BCUT2D eigenvalue weighted by Crippen LogP contribution is -2.39. The molecule has 2 rings (SSSR count). The van der Waals surface area contributed by atoms with E-state index in [-0.39, 0.29) is 5.54 Å². The number of hydrogen-bond donors (Lipinski definition) is 1. The zero-order valence-electron chi connectivity index (χ0n) is 9.47. The first-order valence-electron chi connectivity index (χ1n) is 5.71. The molecule has 1 nitrogen and oxygen atoms in total. The molecule has 0 bridgehead atoms. The van der Waals surface area contributed by atoms with Crippen molar-refractivity contribution >= 4 is 23.2 Å². The summed E-state index contributed by atoms with van der Waals surface area (Å²) in [7, 11) is 0. The molecule has 2 unspecified atom stereocenters. The Kier molecular flexibility index (Phi) is 3.48. The van der Waals surface area contributed by atoms with Gasteiger partial charge in [-0.1, -0.05) is 36.2 Å². The molecule has 1 aromatic rings. The predicted octanol–water partition coefficient (Wildman–Crippen LogP) is 4.05. The molecular weight excluding hydrogens is 241 g/mol. The number of nitrogens with two attached hydrogens (primary N) is 1. The Morgan fingerprint density at radius 2 is 2.19 bits per heavy atom. The summed E-state index contributed by atoms with van der Waals surface area (Å²) in [5, 5.41) is 1.41. The van der Waals surface area contributed by atoms with Crippen LogP contribution in [-0.2, 0) is 6.42 Å². The van der Waals surface area contributed by atoms with Gasteiger partial charge >= 0.3 is 0 Å². The van der Waals surface area contributed by atoms with Crippen LogP contribution in [0.2, 0.25) is 10.0 Å². The number of halogens is 2. The van der Waals surface area contributed by atoms with Crippen LogP contribution in [0, 0.1) is 5.92 Å². The van der Waals surface area contributed by atoms with Gasteiger partial charge in [0.1, 0.15) is 0 Å². The van der Waals surface area contributed by atoms with E-state index < -0.39 is 0 Å². The van der Waals surface area contributed by atoms with Crippen molar-refractivity contribution in [3.63, 3.8) is 0 Å². The standard InChI is InChI=1S/C13H17Cl2N/c1-9-4-5-13(16,7-9)8-10-2-3-11(14)6-12(10)15/h2-3,6,9H,4-5,7-8,16H2,1H3. The molecule has 0 spiro atoms. The van der Waals surface area contributed by atoms with Gasteiger partial charge in [-0.2, -0.15) is 0 Å². The van der Waals surface area contributed by atoms with E-state index in [4.69, 9.17) is 28.9 Å². The van der Waals surface area contributed by atoms with Gasteiger partial charge in [-0.15, -0.1) is 0 Å². The van der Waals surface area contributed by atoms with Crippen molar-refractivity contribution in [2.75, 3.05) is 0 Å². The minimum absolute atomic E-state index is 0.0725. The van der Waals surface area contributed by atoms with E-state index in [0.29, 0.717) is 5.02 Å². The molecule has 1 aromatic carbocycles. The highest BCUT2D eigenvalue weighted by Crippen LogP contribution is 2.36. The second-order valence-corrected chi connectivity index (χ2v) is 5.97. The lowest BCUT2D eigenvalue weighted by Gasteiger charge is -2.24. The SMILES string of the molecule is CC1CCC(N)(Cc2ccc(Cl)cc2Cl)C1. The van der Waals surface area contributed by atoms with E-state index in [9.17, 15) is 0 Å². The zero-order chi connectivity index (χ0) is 11.8. The summed E-state index contributed by atoms with van der Waals surface area (Å²) in [4.78, 5) is 0. The van der Waals surface area contributed by atoms with Crippen LogP contribution in [0.3, 0.4) is 0 Å². The van der Waals surface area contributed by atoms with E-state index in [0.717, 1.165) is 35.8 Å². The topological polar surface area (TPSA) is 26.0 Å². The first-order chi connectivity index (χ1) is 7.48. The lowest BCUT2D eigenvalue weighted by atomic mass is 9.89. The van der Waals surface area contributed by atoms with Crippen molar-refractivity contribution in [1.29, 1.82) is 0 Å². The van der Waals surface area contributed by atoms with Gasteiger partial charge in [0.25, 0.3) is 0 Å². The molecule has 16 heavy (non-hydrogen) atoms. The summed E-state index contributed by atoms with van der Waals surface area (Å²) < 4.78 is 0. The van der Waals surface area contributed by atoms with Gasteiger partial charge in [0.15, 0.2) is 0 Å². The van der Waals surface area contributed by atoms with Crippen LogP contribution in [0.25, 0.3) is 0 Å². The maximum Gasteiger partial charge on any atom is 0.0453 e. The smallest absolute Gasteiger partial charge is 0.0453 e. The number of hydrogen-bond acceptors (Lipinski definition) is 1. The highest BCUT2D eigenvalue weighted by molar-refractivity contribution is 6.35. The molecule has 1 saturated carbocycles. The van der Waals surface area contributed by atoms with Gasteiger partial charge in [-0.05, 0) is 49.3 Å². The number of benzene rings is 1. The Labute approximate surface area is 107 Å². The maximum atomic E-state index is 6.40. The fourth-order valence-corrected chi connectivity index (χ4v) is 3.11. The third kappa shape index (κ3) is 2.71. The third-order valence-corrected chi connectivity index (χ3v) is 4.03. The fraction of sp³-hybridized carbons (Fsp3) is 0.538. The van der Waals surface area contributed by atoms with Gasteiger partial charge in [-0.3, -0.25) is 0 Å². The average molecular weight is 258 g/mol. The van der Waals surface area contributed by atoms with Crippen molar-refractivity contribution in [2.24, 2.45) is 11.7 Å². The predicted molar refractivity (Wildman–Crippen MR) is 70.1 cm³/mol. The fourth-order valence-electron chi connectivity index (χ4n) is 2.64. The summed E-state index contributed by atoms with van der Waals surface area (Å²) in [6, 6.07) is 5.66. The van der Waals surface area contributed by atoms with Gasteiger partial charge in [0.2, 0.25) is 0 Å². The molecular formula is C13H17Cl2N. The Bertz CT molecular complexity index is 392. The van der Waals surface area contributed by atoms with Crippen LogP contribution in [0.5, 0.6) is 0 Å². The Morgan fingerprint density at radius 3 is 2.75 bits per heavy atom. The average Bonchev–Trinajstić information content (AvgIpc) is 2.52. The zero-order valence-corrected chi connectivity index (χ0v) is 11.0. The molecule has 0 radical (unpaired) electrons. The minimum atomic E-state index is -0.0725. The molecule has 1 fully saturated rings. The highest BCUT2D eigenvalue weighted by atomic mass is 35.5. The Hall–Kier alpha value is -0.240. The first-order valence-corrected chi connectivity index (χ1v) is 6.47. The second-order valence-electron chi connectivity index (χ2n) is 5.12. The van der Waals surface area contributed by atoms with Crippen LogP contribution in [0.4, 0.5) is 0 Å². The summed E-state index contributed by atoms with van der Waals surface area (Å²) in [5.41, 5.74) is 7.44. The molecule has 88 valence electrons. The Balaban J connectivity index is 2.14. The lowest BCUT2D eigenvalue weighted by molar-refractivity contribution is 0.419. The van der Waals surface area contributed by atoms with Crippen LogP contribution >= 0.6 is 23.2 Å². The van der Waals surface area contributed by atoms with Crippen molar-refractivity contribution < 1.29 is 0 Å². The molecule has 2 atom stereocenters. The summed E-state index contributed by atoms with van der Waals surface area (Å²) in [5.74, 6) is 0.732. The van der Waals surface area contributed by atoms with E-state index in [1.54, 1.807) is 6.07 Å². The summed E-state index contributed by atoms with van der Waals surface area (Å²) in [6.45, 7) is 2.26. The van der Waals surface area contributed by atoms with Crippen molar-refractivity contribution in [1.82, 2.24) is 0 Å². The summed E-state index contributed by atoms with van der Waals surface area (Å²) in [6.07, 6.45) is 4.26. The second kappa shape index (κ2) is 4.56. The monoisotopic (exact) mass is 257 g/mol. The minimum Gasteiger partial charge on any atom is -0.325 e. The van der Waals surface area contributed by atoms with Gasteiger partial charge in [-0.25, -0.2) is 0 Å². The molecule has 2 N–H and O–H groups in total. The largest absolute Gasteiger partial charge is 0.325 e. The van der Waals surface area contributed by atoms with E-state index in [2.05, 4.69) is 6.92 Å². The maximum absolute atomic E-state index is 6.40. The van der Waals surface area contributed by atoms with Crippen molar-refractivity contribution in [3.05, 3.63) is 33.8 Å². The van der Waals surface area contributed by atoms with Gasteiger partial charge in [0.05, 0.1) is 0 Å². The molecule has 0 aliphatic heterocycles. The normalized spacial score (nSPS) is 29.6. The van der Waals surface area contributed by atoms with Crippen molar-refractivity contribution in [3.8, 4) is 0 Å². The third-order valence-electron chi connectivity index (χ3n) is 3.45. The van der Waals surface area contributed by atoms with E-state index in [1.165, 1.54) is 6.42 Å². The molecule has 0 saturated heterocycles. The molecule has 0 aromatic heterocycles. The molecule has 0 heterocycles. The molecule has 1 aliphatic carbocycles.